The van der Waals surface area contributed by atoms with Crippen molar-refractivity contribution in [1.82, 2.24) is 15.0 Å². The summed E-state index contributed by atoms with van der Waals surface area (Å²) in [7, 11) is 0. The molecule has 5 nitrogen and oxygen atoms in total. The van der Waals surface area contributed by atoms with E-state index in [1.807, 2.05) is 6.07 Å². The van der Waals surface area contributed by atoms with Gasteiger partial charge in [-0.15, -0.1) is 0 Å². The summed E-state index contributed by atoms with van der Waals surface area (Å²) >= 11 is 3.34. The van der Waals surface area contributed by atoms with Gasteiger partial charge in [-0.3, -0.25) is 0 Å². The number of aromatic hydroxyl groups is 1. The largest absolute Gasteiger partial charge is 0.508 e. The highest BCUT2D eigenvalue weighted by atomic mass is 79.9. The molecule has 1 aromatic carbocycles. The number of halogens is 1. The number of aromatic nitrogens is 3. The van der Waals surface area contributed by atoms with Gasteiger partial charge in [0.1, 0.15) is 11.8 Å². The molecular weight excluding hydrogens is 332 g/mol. The maximum absolute atomic E-state index is 9.46. The van der Waals surface area contributed by atoms with Gasteiger partial charge in [0.25, 0.3) is 0 Å². The van der Waals surface area contributed by atoms with Crippen LogP contribution in [-0.2, 0) is 0 Å². The third kappa shape index (κ3) is 2.78. The zero-order chi connectivity index (χ0) is 14.8. The zero-order valence-corrected chi connectivity index (χ0v) is 12.3. The minimum Gasteiger partial charge on any atom is -0.508 e. The topological polar surface area (TPSA) is 85.6 Å². The highest BCUT2D eigenvalue weighted by Gasteiger charge is 2.09. The van der Waals surface area contributed by atoms with Crippen LogP contribution in [0, 0.1) is 11.3 Å². The molecule has 2 N–H and O–H groups in total. The summed E-state index contributed by atoms with van der Waals surface area (Å²) in [5.41, 5.74) is 2.39. The smallest absolute Gasteiger partial charge is 0.178 e. The van der Waals surface area contributed by atoms with Crippen LogP contribution in [-0.4, -0.2) is 20.1 Å². The summed E-state index contributed by atoms with van der Waals surface area (Å²) in [6, 6.07) is 10.6. The van der Waals surface area contributed by atoms with Gasteiger partial charge in [-0.25, -0.2) is 9.97 Å². The van der Waals surface area contributed by atoms with Gasteiger partial charge in [-0.1, -0.05) is 12.1 Å². The Bertz CT molecular complexity index is 892. The van der Waals surface area contributed by atoms with Crippen LogP contribution in [0.15, 0.2) is 41.0 Å². The van der Waals surface area contributed by atoms with Crippen molar-refractivity contribution in [3.05, 3.63) is 52.4 Å². The molecule has 21 heavy (non-hydrogen) atoms. The van der Waals surface area contributed by atoms with Crippen LogP contribution in [0.1, 0.15) is 11.4 Å². The molecule has 2 aromatic heterocycles. The van der Waals surface area contributed by atoms with Gasteiger partial charge in [-0.2, -0.15) is 5.26 Å². The number of pyridine rings is 1. The van der Waals surface area contributed by atoms with E-state index in [9.17, 15) is 10.4 Å². The molecule has 0 spiro atoms. The van der Waals surface area contributed by atoms with Gasteiger partial charge in [-0.05, 0) is 45.8 Å². The molecule has 0 unspecified atom stereocenters. The lowest BCUT2D eigenvalue weighted by molar-refractivity contribution is 0.475. The second-order valence-corrected chi connectivity index (χ2v) is 5.29. The van der Waals surface area contributed by atoms with Crippen LogP contribution >= 0.6 is 15.9 Å². The molecule has 0 bridgehead atoms. The number of nitrogens with zero attached hydrogens (tertiary/aromatic N) is 3. The number of fused-ring (bicyclic) bond motifs is 1. The van der Waals surface area contributed by atoms with E-state index in [1.54, 1.807) is 36.5 Å². The number of benzene rings is 1. The molecule has 6 heteroatoms. The average molecular weight is 341 g/mol. The minimum absolute atomic E-state index is 0.149. The van der Waals surface area contributed by atoms with Crippen molar-refractivity contribution < 1.29 is 5.11 Å². The lowest BCUT2D eigenvalue weighted by Gasteiger charge is -1.96. The standard InChI is InChI=1S/C15H9BrN4O/c16-11-6-13-15(18-8-11)20-14(19-13)10(7-17)4-9-2-1-3-12(21)5-9/h1-6,8,21H,(H,18,19,20). The molecule has 0 aliphatic carbocycles. The fourth-order valence-electron chi connectivity index (χ4n) is 1.94. The number of nitrogens with one attached hydrogen (secondary N) is 1. The summed E-state index contributed by atoms with van der Waals surface area (Å²) in [5, 5.41) is 18.8. The van der Waals surface area contributed by atoms with Crippen LogP contribution in [0.2, 0.25) is 0 Å². The molecule has 0 fully saturated rings. The highest BCUT2D eigenvalue weighted by molar-refractivity contribution is 9.10. The molecule has 0 saturated carbocycles. The number of hydrogen-bond acceptors (Lipinski definition) is 4. The van der Waals surface area contributed by atoms with Gasteiger partial charge in [0.15, 0.2) is 11.5 Å². The Hall–Kier alpha value is -2.65. The summed E-state index contributed by atoms with van der Waals surface area (Å²) in [4.78, 5) is 11.5. The molecule has 0 aliphatic heterocycles. The van der Waals surface area contributed by atoms with Gasteiger partial charge in [0.05, 0.1) is 11.1 Å². The Morgan fingerprint density at radius 3 is 3.00 bits per heavy atom. The Balaban J connectivity index is 2.08. The van der Waals surface area contributed by atoms with E-state index in [-0.39, 0.29) is 5.75 Å². The van der Waals surface area contributed by atoms with Crippen LogP contribution < -0.4 is 0 Å². The quantitative estimate of drug-likeness (QED) is 0.699. The molecule has 0 saturated heterocycles. The van der Waals surface area contributed by atoms with Crippen molar-refractivity contribution in [3.63, 3.8) is 0 Å². The van der Waals surface area contributed by atoms with E-state index in [1.165, 1.54) is 0 Å². The number of H-pyrrole nitrogens is 1. The SMILES string of the molecule is N#CC(=Cc1cccc(O)c1)c1nc2ncc(Br)cc2[nH]1. The Labute approximate surface area is 128 Å². The first kappa shape index (κ1) is 13.3. The van der Waals surface area contributed by atoms with Crippen molar-refractivity contribution in [2.75, 3.05) is 0 Å². The molecular formula is C15H9BrN4O. The first-order valence-electron chi connectivity index (χ1n) is 6.08. The predicted octanol–water partition coefficient (Wildman–Crippen LogP) is 3.49. The first-order chi connectivity index (χ1) is 10.2. The van der Waals surface area contributed by atoms with E-state index < -0.39 is 0 Å². The first-order valence-corrected chi connectivity index (χ1v) is 6.87. The summed E-state index contributed by atoms with van der Waals surface area (Å²) in [6.45, 7) is 0. The van der Waals surface area contributed by atoms with E-state index >= 15 is 0 Å². The monoisotopic (exact) mass is 340 g/mol. The molecule has 2 heterocycles. The lowest BCUT2D eigenvalue weighted by atomic mass is 10.1. The lowest BCUT2D eigenvalue weighted by Crippen LogP contribution is -1.85. The van der Waals surface area contributed by atoms with Gasteiger partial charge in [0, 0.05) is 10.7 Å². The normalized spacial score (nSPS) is 11.5. The second kappa shape index (κ2) is 5.38. The van der Waals surface area contributed by atoms with Crippen molar-refractivity contribution >= 4 is 38.7 Å². The fourth-order valence-corrected chi connectivity index (χ4v) is 2.27. The van der Waals surface area contributed by atoms with Crippen LogP contribution in [0.3, 0.4) is 0 Å². The number of nitriles is 1. The average Bonchev–Trinajstić information content (AvgIpc) is 2.87. The molecule has 0 amide bonds. The third-order valence-corrected chi connectivity index (χ3v) is 3.29. The van der Waals surface area contributed by atoms with Crippen molar-refractivity contribution in [1.29, 1.82) is 5.26 Å². The Morgan fingerprint density at radius 1 is 1.38 bits per heavy atom. The Morgan fingerprint density at radius 2 is 2.24 bits per heavy atom. The van der Waals surface area contributed by atoms with E-state index in [0.717, 1.165) is 15.6 Å². The predicted molar refractivity (Wildman–Crippen MR) is 83.2 cm³/mol. The maximum Gasteiger partial charge on any atom is 0.178 e. The molecule has 3 rings (SSSR count). The van der Waals surface area contributed by atoms with Crippen molar-refractivity contribution in [2.45, 2.75) is 0 Å². The number of phenols is 1. The number of allylic oxidation sites excluding steroid dienone is 1. The molecule has 0 atom stereocenters. The van der Waals surface area contributed by atoms with Crippen LogP contribution in [0.25, 0.3) is 22.8 Å². The summed E-state index contributed by atoms with van der Waals surface area (Å²) < 4.78 is 0.834. The number of hydrogen-bond donors (Lipinski definition) is 2. The molecule has 3 aromatic rings. The Kier molecular flexibility index (Phi) is 3.42. The van der Waals surface area contributed by atoms with Gasteiger partial charge in [0.2, 0.25) is 0 Å². The highest BCUT2D eigenvalue weighted by Crippen LogP contribution is 2.21. The minimum atomic E-state index is 0.149. The molecule has 102 valence electrons. The molecule has 0 radical (unpaired) electrons. The number of rotatable bonds is 2. The zero-order valence-electron chi connectivity index (χ0n) is 10.7. The van der Waals surface area contributed by atoms with Crippen molar-refractivity contribution in [3.8, 4) is 11.8 Å². The van der Waals surface area contributed by atoms with Gasteiger partial charge < -0.3 is 10.1 Å². The second-order valence-electron chi connectivity index (χ2n) is 4.37. The van der Waals surface area contributed by atoms with E-state index in [4.69, 9.17) is 0 Å². The fraction of sp³-hybridized carbons (Fsp3) is 0. The molecule has 0 aliphatic rings. The van der Waals surface area contributed by atoms with Crippen molar-refractivity contribution in [2.24, 2.45) is 0 Å². The van der Waals surface area contributed by atoms with Crippen LogP contribution in [0.4, 0.5) is 0 Å². The van der Waals surface area contributed by atoms with E-state index in [0.29, 0.717) is 17.0 Å². The third-order valence-electron chi connectivity index (χ3n) is 2.86. The number of aromatic amines is 1. The van der Waals surface area contributed by atoms with E-state index in [2.05, 4.69) is 37.0 Å². The van der Waals surface area contributed by atoms with Crippen LogP contribution in [0.5, 0.6) is 5.75 Å². The maximum atomic E-state index is 9.46. The van der Waals surface area contributed by atoms with Gasteiger partial charge >= 0.3 is 0 Å². The summed E-state index contributed by atoms with van der Waals surface area (Å²) in [5.74, 6) is 0.595. The number of phenolic OH excluding ortho intramolecular Hbond substituents is 1. The summed E-state index contributed by atoms with van der Waals surface area (Å²) in [6.07, 6.45) is 3.31. The number of imidazole rings is 1.